The van der Waals surface area contributed by atoms with Crippen molar-refractivity contribution in [2.24, 2.45) is 5.92 Å². The highest BCUT2D eigenvalue weighted by molar-refractivity contribution is 5.44. The monoisotopic (exact) mass is 159 g/mol. The van der Waals surface area contributed by atoms with E-state index in [9.17, 15) is 4.79 Å². The second kappa shape index (κ2) is 6.16. The Morgan fingerprint density at radius 2 is 2.18 bits per heavy atom. The van der Waals surface area contributed by atoms with Gasteiger partial charge < -0.3 is 0 Å². The second-order valence-corrected chi connectivity index (χ2v) is 2.85. The number of amides is 1. The number of hydrogen-bond acceptors (Lipinski definition) is 2. The van der Waals surface area contributed by atoms with Crippen molar-refractivity contribution >= 4 is 6.41 Å². The van der Waals surface area contributed by atoms with Crippen LogP contribution in [-0.4, -0.2) is 24.6 Å². The highest BCUT2D eigenvalue weighted by Gasteiger charge is 1.98. The van der Waals surface area contributed by atoms with Crippen molar-refractivity contribution in [3.63, 3.8) is 0 Å². The van der Waals surface area contributed by atoms with Crippen molar-refractivity contribution in [2.45, 2.75) is 27.2 Å². The van der Waals surface area contributed by atoms with Gasteiger partial charge in [0.1, 0.15) is 0 Å². The Morgan fingerprint density at radius 3 is 2.55 bits per heavy atom. The summed E-state index contributed by atoms with van der Waals surface area (Å²) in [6.45, 7) is 7.37. The average molecular weight is 159 g/mol. The molecule has 0 rings (SSSR count). The molecule has 3 nitrogen and oxygen atoms in total. The van der Waals surface area contributed by atoms with Gasteiger partial charge in [-0.2, -0.15) is 0 Å². The molecule has 0 saturated heterocycles. The van der Waals surface area contributed by atoms with Crippen molar-refractivity contribution in [2.75, 3.05) is 13.2 Å². The van der Waals surface area contributed by atoms with Crippen LogP contribution < -0.4 is 0 Å². The smallest absolute Gasteiger partial charge is 0.233 e. The first-order chi connectivity index (χ1) is 5.20. The maximum atomic E-state index is 10.2. The maximum absolute atomic E-state index is 10.2. The summed E-state index contributed by atoms with van der Waals surface area (Å²) in [5.74, 6) is 0.625. The van der Waals surface area contributed by atoms with E-state index in [1.807, 2.05) is 6.92 Å². The van der Waals surface area contributed by atoms with E-state index in [-0.39, 0.29) is 0 Å². The van der Waals surface area contributed by atoms with Crippen LogP contribution in [0, 0.1) is 5.92 Å². The lowest BCUT2D eigenvalue weighted by atomic mass is 10.1. The molecule has 66 valence electrons. The predicted molar refractivity (Wildman–Crippen MR) is 43.9 cm³/mol. The van der Waals surface area contributed by atoms with E-state index in [2.05, 4.69) is 13.8 Å². The molecule has 0 aliphatic rings. The molecule has 0 aromatic carbocycles. The first-order valence-electron chi connectivity index (χ1n) is 4.05. The Balaban J connectivity index is 3.28. The Morgan fingerprint density at radius 1 is 1.55 bits per heavy atom. The van der Waals surface area contributed by atoms with E-state index >= 15 is 0 Å². The molecule has 0 saturated carbocycles. The number of carbonyl (C=O) groups is 1. The molecule has 0 aromatic rings. The van der Waals surface area contributed by atoms with Crippen molar-refractivity contribution < 1.29 is 9.63 Å². The van der Waals surface area contributed by atoms with Crippen molar-refractivity contribution in [3.8, 4) is 0 Å². The van der Waals surface area contributed by atoms with Gasteiger partial charge >= 0.3 is 0 Å². The topological polar surface area (TPSA) is 29.5 Å². The summed E-state index contributed by atoms with van der Waals surface area (Å²) in [4.78, 5) is 15.3. The first kappa shape index (κ1) is 10.4. The molecule has 0 atom stereocenters. The fraction of sp³-hybridized carbons (Fsp3) is 0.875. The molecule has 0 bridgehead atoms. The molecule has 3 heteroatoms. The largest absolute Gasteiger partial charge is 0.276 e. The van der Waals surface area contributed by atoms with Gasteiger partial charge in [0.15, 0.2) is 0 Å². The SMILES string of the molecule is CCN(C=O)OCCC(C)C. The van der Waals surface area contributed by atoms with Crippen LogP contribution in [0.25, 0.3) is 0 Å². The third-order valence-electron chi connectivity index (χ3n) is 1.38. The zero-order valence-corrected chi connectivity index (χ0v) is 7.54. The molecule has 0 aromatic heterocycles. The van der Waals surface area contributed by atoms with E-state index in [1.54, 1.807) is 0 Å². The second-order valence-electron chi connectivity index (χ2n) is 2.85. The van der Waals surface area contributed by atoms with Crippen molar-refractivity contribution in [1.82, 2.24) is 5.06 Å². The minimum absolute atomic E-state index is 0.613. The minimum atomic E-state index is 0.613. The highest BCUT2D eigenvalue weighted by Crippen LogP contribution is 1.99. The molecule has 0 aliphatic carbocycles. The maximum Gasteiger partial charge on any atom is 0.233 e. The summed E-state index contributed by atoms with van der Waals surface area (Å²) in [5, 5.41) is 1.31. The summed E-state index contributed by atoms with van der Waals surface area (Å²) in [5.41, 5.74) is 0. The Bertz CT molecular complexity index is 104. The van der Waals surface area contributed by atoms with Gasteiger partial charge in [-0.15, -0.1) is 0 Å². The Kier molecular flexibility index (Phi) is 5.84. The van der Waals surface area contributed by atoms with Crippen LogP contribution in [0.3, 0.4) is 0 Å². The molecular weight excluding hydrogens is 142 g/mol. The summed E-state index contributed by atoms with van der Waals surface area (Å²) in [6, 6.07) is 0. The van der Waals surface area contributed by atoms with E-state index in [1.165, 1.54) is 5.06 Å². The molecule has 1 amide bonds. The van der Waals surface area contributed by atoms with Crippen molar-refractivity contribution in [3.05, 3.63) is 0 Å². The van der Waals surface area contributed by atoms with Crippen LogP contribution >= 0.6 is 0 Å². The predicted octanol–water partition coefficient (Wildman–Crippen LogP) is 1.44. The van der Waals surface area contributed by atoms with Crippen LogP contribution in [0.2, 0.25) is 0 Å². The van der Waals surface area contributed by atoms with Gasteiger partial charge in [0.05, 0.1) is 6.61 Å². The lowest BCUT2D eigenvalue weighted by Crippen LogP contribution is -2.22. The van der Waals surface area contributed by atoms with Crippen LogP contribution in [0.4, 0.5) is 0 Å². The molecular formula is C8H17NO2. The van der Waals surface area contributed by atoms with E-state index in [0.29, 0.717) is 25.5 Å². The van der Waals surface area contributed by atoms with E-state index < -0.39 is 0 Å². The van der Waals surface area contributed by atoms with Gasteiger partial charge in [-0.1, -0.05) is 13.8 Å². The number of carbonyl (C=O) groups excluding carboxylic acids is 1. The van der Waals surface area contributed by atoms with Gasteiger partial charge in [-0.25, -0.2) is 5.06 Å². The van der Waals surface area contributed by atoms with Crippen LogP contribution in [-0.2, 0) is 9.63 Å². The fourth-order valence-electron chi connectivity index (χ4n) is 0.602. The summed E-state index contributed by atoms with van der Waals surface area (Å²) in [6.07, 6.45) is 1.70. The third kappa shape index (κ3) is 5.85. The zero-order valence-electron chi connectivity index (χ0n) is 7.54. The average Bonchev–Trinajstić information content (AvgIpc) is 1.98. The Hall–Kier alpha value is -0.570. The van der Waals surface area contributed by atoms with Crippen molar-refractivity contribution in [1.29, 1.82) is 0 Å². The summed E-state index contributed by atoms with van der Waals surface area (Å²) >= 11 is 0. The van der Waals surface area contributed by atoms with Gasteiger partial charge in [0.25, 0.3) is 0 Å². The molecule has 0 spiro atoms. The molecule has 0 N–H and O–H groups in total. The standard InChI is InChI=1S/C8H17NO2/c1-4-9(7-10)11-6-5-8(2)3/h7-8H,4-6H2,1-3H3. The van der Waals surface area contributed by atoms with Crippen LogP contribution in [0.1, 0.15) is 27.2 Å². The number of rotatable bonds is 6. The minimum Gasteiger partial charge on any atom is -0.276 e. The van der Waals surface area contributed by atoms with Gasteiger partial charge in [-0.05, 0) is 19.3 Å². The molecule has 0 heterocycles. The van der Waals surface area contributed by atoms with Crippen LogP contribution in [0.15, 0.2) is 0 Å². The van der Waals surface area contributed by atoms with Gasteiger partial charge in [-0.3, -0.25) is 9.63 Å². The molecule has 0 unspecified atom stereocenters. The van der Waals surface area contributed by atoms with E-state index in [4.69, 9.17) is 4.84 Å². The lowest BCUT2D eigenvalue weighted by molar-refractivity contribution is -0.171. The third-order valence-corrected chi connectivity index (χ3v) is 1.38. The summed E-state index contributed by atoms with van der Waals surface area (Å²) in [7, 11) is 0. The molecule has 0 aliphatic heterocycles. The van der Waals surface area contributed by atoms with Gasteiger partial charge in [0.2, 0.25) is 6.41 Å². The quantitative estimate of drug-likeness (QED) is 0.433. The molecule has 0 radical (unpaired) electrons. The summed E-state index contributed by atoms with van der Waals surface area (Å²) < 4.78 is 0. The first-order valence-corrected chi connectivity index (χ1v) is 4.05. The van der Waals surface area contributed by atoms with E-state index in [0.717, 1.165) is 6.42 Å². The number of nitrogens with zero attached hydrogens (tertiary/aromatic N) is 1. The molecule has 11 heavy (non-hydrogen) atoms. The lowest BCUT2D eigenvalue weighted by Gasteiger charge is -2.14. The van der Waals surface area contributed by atoms with Gasteiger partial charge in [0, 0.05) is 6.54 Å². The number of hydrogen-bond donors (Lipinski definition) is 0. The van der Waals surface area contributed by atoms with Crippen LogP contribution in [0.5, 0.6) is 0 Å². The Labute approximate surface area is 68.3 Å². The number of hydroxylamine groups is 2. The molecule has 0 fully saturated rings. The highest BCUT2D eigenvalue weighted by atomic mass is 16.7. The zero-order chi connectivity index (χ0) is 8.69. The normalized spacial score (nSPS) is 10.2. The fourth-order valence-corrected chi connectivity index (χ4v) is 0.602.